The minimum absolute atomic E-state index is 0.0281. The second-order valence-corrected chi connectivity index (χ2v) is 3.86. The Morgan fingerprint density at radius 2 is 2.12 bits per heavy atom. The number of hydrogen-bond donors (Lipinski definition) is 1. The highest BCUT2D eigenvalue weighted by Crippen LogP contribution is 2.37. The third-order valence-electron chi connectivity index (χ3n) is 2.74. The highest BCUT2D eigenvalue weighted by Gasteiger charge is 2.29. The Balaban J connectivity index is 1.91. The number of nitrogens with zero attached hydrogens (tertiary/aromatic N) is 1. The van der Waals surface area contributed by atoms with E-state index in [9.17, 15) is 0 Å². The van der Waals surface area contributed by atoms with Crippen molar-refractivity contribution in [1.82, 2.24) is 0 Å². The van der Waals surface area contributed by atoms with Gasteiger partial charge in [0.05, 0.1) is 6.04 Å². The molecule has 0 saturated carbocycles. The summed E-state index contributed by atoms with van der Waals surface area (Å²) in [4.78, 5) is 4.14. The predicted octanol–water partition coefficient (Wildman–Crippen LogP) is 1.19. The van der Waals surface area contributed by atoms with Crippen molar-refractivity contribution >= 4 is 6.02 Å². The summed E-state index contributed by atoms with van der Waals surface area (Å²) in [6.45, 7) is 2.24. The average Bonchev–Trinajstić information content (AvgIpc) is 2.83. The zero-order chi connectivity index (χ0) is 11.1. The molecule has 3 rings (SSSR count). The molecule has 0 aliphatic carbocycles. The van der Waals surface area contributed by atoms with Crippen LogP contribution in [0.1, 0.15) is 18.6 Å². The number of amidine groups is 1. The number of hydrogen-bond acceptors (Lipinski definition) is 5. The molecule has 0 spiro atoms. The van der Waals surface area contributed by atoms with Gasteiger partial charge in [-0.25, -0.2) is 4.99 Å². The number of aliphatic imine (C=N–C) groups is 1. The van der Waals surface area contributed by atoms with Gasteiger partial charge in [-0.15, -0.1) is 0 Å². The second-order valence-electron chi connectivity index (χ2n) is 3.86. The lowest BCUT2D eigenvalue weighted by Gasteiger charge is -2.14. The predicted molar refractivity (Wildman–Crippen MR) is 57.5 cm³/mol. The van der Waals surface area contributed by atoms with Gasteiger partial charge in [0.1, 0.15) is 6.10 Å². The van der Waals surface area contributed by atoms with Crippen molar-refractivity contribution in [3.8, 4) is 11.5 Å². The molecule has 0 bridgehead atoms. The first-order valence-corrected chi connectivity index (χ1v) is 5.13. The van der Waals surface area contributed by atoms with Gasteiger partial charge in [0.25, 0.3) is 6.02 Å². The fourth-order valence-corrected chi connectivity index (χ4v) is 1.96. The van der Waals surface area contributed by atoms with Gasteiger partial charge in [-0.05, 0) is 24.6 Å². The molecule has 1 aromatic rings. The molecule has 0 saturated heterocycles. The van der Waals surface area contributed by atoms with Crippen molar-refractivity contribution in [3.63, 3.8) is 0 Å². The van der Waals surface area contributed by atoms with Crippen LogP contribution in [0.15, 0.2) is 23.2 Å². The summed E-state index contributed by atoms with van der Waals surface area (Å²) in [5.41, 5.74) is 6.54. The SMILES string of the molecule is C[C@@H]1N=C(N)O[C@@H]1c1ccc2c(c1)OCO2. The number of ether oxygens (including phenoxy) is 3. The topological polar surface area (TPSA) is 66.1 Å². The number of fused-ring (bicyclic) bond motifs is 1. The van der Waals surface area contributed by atoms with Gasteiger partial charge in [0, 0.05) is 0 Å². The molecule has 0 amide bonds. The largest absolute Gasteiger partial charge is 0.455 e. The first kappa shape index (κ1) is 9.33. The van der Waals surface area contributed by atoms with Crippen LogP contribution in [0.2, 0.25) is 0 Å². The Labute approximate surface area is 92.8 Å². The van der Waals surface area contributed by atoms with E-state index in [1.165, 1.54) is 0 Å². The van der Waals surface area contributed by atoms with Gasteiger partial charge in [0.2, 0.25) is 6.79 Å². The van der Waals surface area contributed by atoms with Crippen LogP contribution >= 0.6 is 0 Å². The van der Waals surface area contributed by atoms with E-state index in [2.05, 4.69) is 4.99 Å². The van der Waals surface area contributed by atoms with Crippen molar-refractivity contribution in [2.24, 2.45) is 10.7 Å². The molecule has 2 aliphatic rings. The number of rotatable bonds is 1. The average molecular weight is 220 g/mol. The Bertz CT molecular complexity index is 459. The highest BCUT2D eigenvalue weighted by molar-refractivity contribution is 5.73. The molecular formula is C11H12N2O3. The molecule has 0 radical (unpaired) electrons. The third-order valence-corrected chi connectivity index (χ3v) is 2.74. The molecule has 5 nitrogen and oxygen atoms in total. The van der Waals surface area contributed by atoms with E-state index in [0.717, 1.165) is 17.1 Å². The van der Waals surface area contributed by atoms with Crippen molar-refractivity contribution in [3.05, 3.63) is 23.8 Å². The van der Waals surface area contributed by atoms with Crippen LogP contribution in [-0.2, 0) is 4.74 Å². The molecule has 0 unspecified atom stereocenters. The van der Waals surface area contributed by atoms with Crippen molar-refractivity contribution in [2.45, 2.75) is 19.1 Å². The molecule has 2 N–H and O–H groups in total. The van der Waals surface area contributed by atoms with Gasteiger partial charge >= 0.3 is 0 Å². The monoisotopic (exact) mass is 220 g/mol. The fraction of sp³-hybridized carbons (Fsp3) is 0.364. The highest BCUT2D eigenvalue weighted by atomic mass is 16.7. The fourth-order valence-electron chi connectivity index (χ4n) is 1.96. The Morgan fingerprint density at radius 3 is 2.88 bits per heavy atom. The van der Waals surface area contributed by atoms with Crippen molar-refractivity contribution in [2.75, 3.05) is 6.79 Å². The molecule has 2 atom stereocenters. The van der Waals surface area contributed by atoms with E-state index in [1.54, 1.807) is 0 Å². The molecule has 2 aliphatic heterocycles. The molecule has 1 aromatic carbocycles. The lowest BCUT2D eigenvalue weighted by Crippen LogP contribution is -2.14. The van der Waals surface area contributed by atoms with Gasteiger partial charge in [-0.1, -0.05) is 6.07 Å². The third kappa shape index (κ3) is 1.36. The van der Waals surface area contributed by atoms with Gasteiger partial charge in [0.15, 0.2) is 11.5 Å². The van der Waals surface area contributed by atoms with Crippen LogP contribution in [0.5, 0.6) is 11.5 Å². The van der Waals surface area contributed by atoms with Crippen molar-refractivity contribution in [1.29, 1.82) is 0 Å². The quantitative estimate of drug-likeness (QED) is 0.772. The van der Waals surface area contributed by atoms with E-state index in [-0.39, 0.29) is 25.0 Å². The summed E-state index contributed by atoms with van der Waals surface area (Å²) in [6.07, 6.45) is -0.130. The van der Waals surface area contributed by atoms with E-state index in [1.807, 2.05) is 25.1 Å². The Hall–Kier alpha value is -1.91. The summed E-state index contributed by atoms with van der Waals surface area (Å²) >= 11 is 0. The summed E-state index contributed by atoms with van der Waals surface area (Å²) < 4.78 is 16.0. The molecule has 0 fully saturated rings. The Morgan fingerprint density at radius 1 is 1.31 bits per heavy atom. The van der Waals surface area contributed by atoms with Crippen molar-refractivity contribution < 1.29 is 14.2 Å². The lowest BCUT2D eigenvalue weighted by molar-refractivity contribution is 0.173. The van der Waals surface area contributed by atoms with Gasteiger partial charge in [-0.3, -0.25) is 0 Å². The van der Waals surface area contributed by atoms with E-state index in [0.29, 0.717) is 0 Å². The zero-order valence-electron chi connectivity index (χ0n) is 8.84. The molecule has 5 heteroatoms. The summed E-state index contributed by atoms with van der Waals surface area (Å²) in [5.74, 6) is 1.52. The lowest BCUT2D eigenvalue weighted by atomic mass is 10.0. The van der Waals surface area contributed by atoms with Crippen LogP contribution in [0.3, 0.4) is 0 Å². The molecular weight excluding hydrogens is 208 g/mol. The molecule has 84 valence electrons. The normalized spacial score (nSPS) is 26.4. The zero-order valence-corrected chi connectivity index (χ0v) is 8.84. The summed E-state index contributed by atoms with van der Waals surface area (Å²) in [7, 11) is 0. The van der Waals surface area contributed by atoms with Crippen LogP contribution in [0.25, 0.3) is 0 Å². The summed E-state index contributed by atoms with van der Waals surface area (Å²) in [6, 6.07) is 6.01. The summed E-state index contributed by atoms with van der Waals surface area (Å²) in [5, 5.41) is 0. The standard InChI is InChI=1S/C11H12N2O3/c1-6-10(16-11(12)13-6)7-2-3-8-9(4-7)15-5-14-8/h2-4,6,10H,5H2,1H3,(H2,12,13)/t6-,10-/m0/s1. The van der Waals surface area contributed by atoms with Gasteiger partial charge < -0.3 is 19.9 Å². The number of benzene rings is 1. The first-order chi connectivity index (χ1) is 7.74. The minimum Gasteiger partial charge on any atom is -0.455 e. The van der Waals surface area contributed by atoms with E-state index < -0.39 is 0 Å². The van der Waals surface area contributed by atoms with Crippen LogP contribution in [0, 0.1) is 0 Å². The molecule has 16 heavy (non-hydrogen) atoms. The maximum atomic E-state index is 5.54. The van der Waals surface area contributed by atoms with Crippen LogP contribution in [-0.4, -0.2) is 18.9 Å². The maximum Gasteiger partial charge on any atom is 0.283 e. The first-order valence-electron chi connectivity index (χ1n) is 5.13. The molecule has 2 heterocycles. The molecule has 0 aromatic heterocycles. The van der Waals surface area contributed by atoms with E-state index >= 15 is 0 Å². The smallest absolute Gasteiger partial charge is 0.283 e. The maximum absolute atomic E-state index is 5.54. The van der Waals surface area contributed by atoms with E-state index in [4.69, 9.17) is 19.9 Å². The minimum atomic E-state index is -0.130. The number of nitrogens with two attached hydrogens (primary N) is 1. The second kappa shape index (κ2) is 3.30. The van der Waals surface area contributed by atoms with Gasteiger partial charge in [-0.2, -0.15) is 0 Å². The van der Waals surface area contributed by atoms with Crippen LogP contribution < -0.4 is 15.2 Å². The Kier molecular flexibility index (Phi) is 1.92. The van der Waals surface area contributed by atoms with Crippen LogP contribution in [0.4, 0.5) is 0 Å².